The van der Waals surface area contributed by atoms with Gasteiger partial charge in [-0.25, -0.2) is 4.99 Å². The van der Waals surface area contributed by atoms with Gasteiger partial charge in [-0.3, -0.25) is 4.79 Å². The zero-order chi connectivity index (χ0) is 17.4. The summed E-state index contributed by atoms with van der Waals surface area (Å²) in [7, 11) is 0. The van der Waals surface area contributed by atoms with Crippen LogP contribution in [0, 0.1) is 10.8 Å². The molecule has 1 aliphatic carbocycles. The van der Waals surface area contributed by atoms with Crippen LogP contribution in [-0.2, 0) is 4.79 Å². The van der Waals surface area contributed by atoms with E-state index >= 15 is 0 Å². The Morgan fingerprint density at radius 3 is 1.65 bits per heavy atom. The number of hydrogen-bond acceptors (Lipinski definition) is 1. The van der Waals surface area contributed by atoms with Crippen molar-refractivity contribution in [1.82, 2.24) is 0 Å². The Morgan fingerprint density at radius 1 is 0.826 bits per heavy atom. The third-order valence-electron chi connectivity index (χ3n) is 3.84. The Hall–Kier alpha value is -1.67. The van der Waals surface area contributed by atoms with E-state index in [1.165, 1.54) is 0 Å². The fraction of sp³-hybridized carbons (Fsp3) is 0.400. The number of ketones is 1. The number of Topliss-reactive ketones (excluding diaryl/α,β-unsaturated/α-hetero) is 1. The van der Waals surface area contributed by atoms with E-state index in [4.69, 9.17) is 11.6 Å². The number of allylic oxidation sites excluding steroid dienone is 4. The van der Waals surface area contributed by atoms with E-state index in [0.717, 1.165) is 22.5 Å². The number of hydrogen-bond donors (Lipinski definition) is 1. The zero-order valence-corrected chi connectivity index (χ0v) is 15.5. The van der Waals surface area contributed by atoms with Crippen LogP contribution in [0.4, 0.5) is 5.69 Å². The summed E-state index contributed by atoms with van der Waals surface area (Å²) in [4.78, 5) is 16.3. The SMILES string of the molecule is CC(C)(C)C1=CC(=[NH+]c2ccc(Cl)cc2)C=C(C(C)(C)C)C1=O. The number of rotatable bonds is 1. The maximum atomic E-state index is 12.9. The number of carbonyl (C=O) groups is 1. The average molecular weight is 331 g/mol. The summed E-state index contributed by atoms with van der Waals surface area (Å²) in [5, 5.41) is 0.705. The Bertz CT molecular complexity index is 671. The molecular formula is C20H25ClNO+. The highest BCUT2D eigenvalue weighted by Gasteiger charge is 2.35. The molecule has 0 fully saturated rings. The van der Waals surface area contributed by atoms with E-state index in [1.54, 1.807) is 0 Å². The van der Waals surface area contributed by atoms with Crippen LogP contribution in [0.3, 0.4) is 0 Å². The van der Waals surface area contributed by atoms with E-state index in [1.807, 2.05) is 36.4 Å². The highest BCUT2D eigenvalue weighted by molar-refractivity contribution is 6.30. The van der Waals surface area contributed by atoms with E-state index in [2.05, 4.69) is 46.5 Å². The van der Waals surface area contributed by atoms with Gasteiger partial charge in [0.15, 0.2) is 5.78 Å². The van der Waals surface area contributed by atoms with Gasteiger partial charge >= 0.3 is 0 Å². The molecule has 0 saturated carbocycles. The lowest BCUT2D eigenvalue weighted by Gasteiger charge is -2.29. The first kappa shape index (κ1) is 17.7. The standard InChI is InChI=1S/C20H24ClNO/c1-19(2,3)16-11-15(12-17(18(16)23)20(4,5)6)22-14-9-7-13(21)8-10-14/h7-12H,1-6H3/p+1. The molecule has 23 heavy (non-hydrogen) atoms. The van der Waals surface area contributed by atoms with Crippen LogP contribution in [0.1, 0.15) is 41.5 Å². The minimum atomic E-state index is -0.200. The lowest BCUT2D eigenvalue weighted by Crippen LogP contribution is -2.66. The highest BCUT2D eigenvalue weighted by Crippen LogP contribution is 2.36. The molecule has 0 bridgehead atoms. The highest BCUT2D eigenvalue weighted by atomic mass is 35.5. The summed E-state index contributed by atoms with van der Waals surface area (Å²) in [6.45, 7) is 12.4. The summed E-state index contributed by atoms with van der Waals surface area (Å²) in [6.07, 6.45) is 3.93. The zero-order valence-electron chi connectivity index (χ0n) is 14.8. The maximum absolute atomic E-state index is 12.9. The molecule has 0 saturated heterocycles. The number of carbonyl (C=O) groups excluding carboxylic acids is 1. The topological polar surface area (TPSA) is 31.0 Å². The van der Waals surface area contributed by atoms with Crippen LogP contribution >= 0.6 is 11.6 Å². The molecule has 3 heteroatoms. The minimum Gasteiger partial charge on any atom is -0.289 e. The quantitative estimate of drug-likeness (QED) is 0.775. The van der Waals surface area contributed by atoms with Crippen LogP contribution in [0.5, 0.6) is 0 Å². The van der Waals surface area contributed by atoms with Gasteiger partial charge < -0.3 is 0 Å². The summed E-state index contributed by atoms with van der Waals surface area (Å²) in [5.41, 5.74) is 3.15. The second-order valence-electron chi connectivity index (χ2n) is 8.03. The molecule has 1 aromatic carbocycles. The molecule has 2 rings (SSSR count). The van der Waals surface area contributed by atoms with Crippen molar-refractivity contribution in [3.05, 3.63) is 52.6 Å². The van der Waals surface area contributed by atoms with Gasteiger partial charge in [-0.2, -0.15) is 0 Å². The molecule has 0 spiro atoms. The van der Waals surface area contributed by atoms with Gasteiger partial charge in [0, 0.05) is 40.5 Å². The molecule has 0 heterocycles. The van der Waals surface area contributed by atoms with Crippen LogP contribution in [-0.4, -0.2) is 11.5 Å². The van der Waals surface area contributed by atoms with E-state index in [9.17, 15) is 4.79 Å². The predicted molar refractivity (Wildman–Crippen MR) is 97.2 cm³/mol. The van der Waals surface area contributed by atoms with Crippen LogP contribution < -0.4 is 4.99 Å². The first-order valence-electron chi connectivity index (χ1n) is 7.87. The third-order valence-corrected chi connectivity index (χ3v) is 4.09. The van der Waals surface area contributed by atoms with Crippen molar-refractivity contribution in [3.8, 4) is 0 Å². The molecule has 0 aliphatic heterocycles. The first-order valence-corrected chi connectivity index (χ1v) is 8.25. The molecule has 1 aliphatic rings. The molecular weight excluding hydrogens is 306 g/mol. The molecule has 2 nitrogen and oxygen atoms in total. The third kappa shape index (κ3) is 4.20. The number of nitrogens with one attached hydrogen (secondary N) is 1. The van der Waals surface area contributed by atoms with E-state index in [-0.39, 0.29) is 16.6 Å². The van der Waals surface area contributed by atoms with Crippen molar-refractivity contribution in [1.29, 1.82) is 0 Å². The van der Waals surface area contributed by atoms with Gasteiger partial charge in [0.1, 0.15) is 0 Å². The Kier molecular flexibility index (Phi) is 4.68. The molecule has 0 atom stereocenters. The second kappa shape index (κ2) is 6.09. The summed E-state index contributed by atoms with van der Waals surface area (Å²) in [5.74, 6) is 0.145. The van der Waals surface area contributed by atoms with E-state index < -0.39 is 0 Å². The van der Waals surface area contributed by atoms with Gasteiger partial charge in [-0.05, 0) is 23.0 Å². The summed E-state index contributed by atoms with van der Waals surface area (Å²) >= 11 is 5.94. The molecule has 0 amide bonds. The van der Waals surface area contributed by atoms with Crippen molar-refractivity contribution < 1.29 is 9.79 Å². The molecule has 0 aromatic heterocycles. The first-order chi connectivity index (χ1) is 10.5. The van der Waals surface area contributed by atoms with Gasteiger partial charge in [-0.1, -0.05) is 53.1 Å². The van der Waals surface area contributed by atoms with Gasteiger partial charge in [-0.15, -0.1) is 0 Å². The second-order valence-corrected chi connectivity index (χ2v) is 8.47. The molecule has 122 valence electrons. The van der Waals surface area contributed by atoms with Crippen LogP contribution in [0.15, 0.2) is 47.6 Å². The molecule has 1 aromatic rings. The predicted octanol–water partition coefficient (Wildman–Crippen LogP) is 4.02. The Balaban J connectivity index is 2.56. The minimum absolute atomic E-state index is 0.145. The average Bonchev–Trinajstić information content (AvgIpc) is 2.40. The normalized spacial score (nSPS) is 16.1. The van der Waals surface area contributed by atoms with Gasteiger partial charge in [0.05, 0.1) is 0 Å². The molecule has 0 unspecified atom stereocenters. The van der Waals surface area contributed by atoms with Crippen LogP contribution in [0.2, 0.25) is 5.02 Å². The smallest absolute Gasteiger partial charge is 0.204 e. The summed E-state index contributed by atoms with van der Waals surface area (Å²) in [6, 6.07) is 7.56. The molecule has 0 radical (unpaired) electrons. The number of halogens is 1. The Morgan fingerprint density at radius 2 is 1.26 bits per heavy atom. The van der Waals surface area contributed by atoms with Gasteiger partial charge in [0.25, 0.3) is 0 Å². The van der Waals surface area contributed by atoms with Crippen molar-refractivity contribution in [3.63, 3.8) is 0 Å². The van der Waals surface area contributed by atoms with E-state index in [0.29, 0.717) is 5.02 Å². The Labute approximate surface area is 144 Å². The molecule has 1 N–H and O–H groups in total. The summed E-state index contributed by atoms with van der Waals surface area (Å²) < 4.78 is 0. The van der Waals surface area contributed by atoms with Crippen molar-refractivity contribution >= 4 is 28.8 Å². The van der Waals surface area contributed by atoms with Crippen LogP contribution in [0.25, 0.3) is 0 Å². The largest absolute Gasteiger partial charge is 0.289 e. The lowest BCUT2D eigenvalue weighted by atomic mass is 9.72. The number of benzene rings is 1. The lowest BCUT2D eigenvalue weighted by molar-refractivity contribution is -0.351. The monoisotopic (exact) mass is 330 g/mol. The van der Waals surface area contributed by atoms with Crippen molar-refractivity contribution in [2.75, 3.05) is 0 Å². The fourth-order valence-corrected chi connectivity index (χ4v) is 2.64. The van der Waals surface area contributed by atoms with Crippen molar-refractivity contribution in [2.45, 2.75) is 41.5 Å². The fourth-order valence-electron chi connectivity index (χ4n) is 2.52. The van der Waals surface area contributed by atoms with Gasteiger partial charge in [0.2, 0.25) is 11.4 Å². The maximum Gasteiger partial charge on any atom is 0.204 e. The van der Waals surface area contributed by atoms with Crippen molar-refractivity contribution in [2.24, 2.45) is 10.8 Å².